The summed E-state index contributed by atoms with van der Waals surface area (Å²) < 4.78 is 17.1. The molecule has 0 fully saturated rings. The summed E-state index contributed by atoms with van der Waals surface area (Å²) in [5, 5.41) is 0. The van der Waals surface area contributed by atoms with Gasteiger partial charge in [0.1, 0.15) is 0 Å². The van der Waals surface area contributed by atoms with Crippen LogP contribution in [0.3, 0.4) is 0 Å². The second-order valence-electron chi connectivity index (χ2n) is 5.64. The minimum absolute atomic E-state index is 0.161. The van der Waals surface area contributed by atoms with Gasteiger partial charge < -0.3 is 19.1 Å². The Labute approximate surface area is 161 Å². The molecule has 1 amide bonds. The molecule has 0 aliphatic rings. The van der Waals surface area contributed by atoms with Gasteiger partial charge in [-0.05, 0) is 45.0 Å². The molecule has 0 unspecified atom stereocenters. The Morgan fingerprint density at radius 2 is 1.52 bits per heavy atom. The SMILES string of the molecule is C=CCN(C(=O)c1cc(OCC)c(OCC)c(OCC)c1)c1ccccc1. The maximum atomic E-state index is 13.2. The average molecular weight is 369 g/mol. The van der Waals surface area contributed by atoms with Crippen molar-refractivity contribution >= 4 is 11.6 Å². The summed E-state index contributed by atoms with van der Waals surface area (Å²) in [6.07, 6.45) is 1.70. The number of nitrogens with zero attached hydrogens (tertiary/aromatic N) is 1. The molecule has 0 aromatic heterocycles. The third-order valence-electron chi connectivity index (χ3n) is 3.78. The zero-order valence-corrected chi connectivity index (χ0v) is 16.2. The van der Waals surface area contributed by atoms with Crippen molar-refractivity contribution in [3.8, 4) is 17.2 Å². The molecular weight excluding hydrogens is 342 g/mol. The van der Waals surface area contributed by atoms with Crippen molar-refractivity contribution in [3.05, 3.63) is 60.7 Å². The molecule has 0 N–H and O–H groups in total. The summed E-state index contributed by atoms with van der Waals surface area (Å²) in [6.45, 7) is 11.2. The molecule has 144 valence electrons. The first-order chi connectivity index (χ1) is 13.2. The van der Waals surface area contributed by atoms with Crippen LogP contribution in [0.1, 0.15) is 31.1 Å². The first-order valence-electron chi connectivity index (χ1n) is 9.20. The van der Waals surface area contributed by atoms with E-state index in [0.717, 1.165) is 5.69 Å². The molecule has 0 spiro atoms. The molecule has 2 aromatic rings. The Balaban J connectivity index is 2.50. The van der Waals surface area contributed by atoms with E-state index in [0.29, 0.717) is 49.2 Å². The fourth-order valence-electron chi connectivity index (χ4n) is 2.71. The lowest BCUT2D eigenvalue weighted by molar-refractivity contribution is 0.0988. The Bertz CT molecular complexity index is 731. The van der Waals surface area contributed by atoms with E-state index in [9.17, 15) is 4.79 Å². The monoisotopic (exact) mass is 369 g/mol. The maximum Gasteiger partial charge on any atom is 0.258 e. The molecule has 0 radical (unpaired) electrons. The van der Waals surface area contributed by atoms with Crippen LogP contribution < -0.4 is 19.1 Å². The number of carbonyl (C=O) groups is 1. The van der Waals surface area contributed by atoms with Crippen molar-refractivity contribution in [2.75, 3.05) is 31.3 Å². The van der Waals surface area contributed by atoms with Gasteiger partial charge in [0.2, 0.25) is 5.75 Å². The van der Waals surface area contributed by atoms with Crippen LogP contribution in [0.4, 0.5) is 5.69 Å². The molecule has 5 heteroatoms. The van der Waals surface area contributed by atoms with Crippen molar-refractivity contribution < 1.29 is 19.0 Å². The van der Waals surface area contributed by atoms with Crippen LogP contribution in [0.2, 0.25) is 0 Å². The third kappa shape index (κ3) is 5.03. The highest BCUT2D eigenvalue weighted by Crippen LogP contribution is 2.39. The van der Waals surface area contributed by atoms with Crippen molar-refractivity contribution in [3.63, 3.8) is 0 Å². The molecule has 0 aliphatic heterocycles. The first-order valence-corrected chi connectivity index (χ1v) is 9.20. The Hall–Kier alpha value is -2.95. The van der Waals surface area contributed by atoms with Gasteiger partial charge in [-0.25, -0.2) is 0 Å². The van der Waals surface area contributed by atoms with E-state index < -0.39 is 0 Å². The summed E-state index contributed by atoms with van der Waals surface area (Å²) in [5.74, 6) is 1.36. The van der Waals surface area contributed by atoms with Crippen LogP contribution in [0.5, 0.6) is 17.2 Å². The highest BCUT2D eigenvalue weighted by Gasteiger charge is 2.22. The van der Waals surface area contributed by atoms with Crippen LogP contribution in [-0.2, 0) is 0 Å². The lowest BCUT2D eigenvalue weighted by Gasteiger charge is -2.23. The van der Waals surface area contributed by atoms with Gasteiger partial charge >= 0.3 is 0 Å². The molecule has 0 heterocycles. The number of hydrogen-bond donors (Lipinski definition) is 0. The van der Waals surface area contributed by atoms with E-state index in [1.54, 1.807) is 23.1 Å². The standard InChI is InChI=1S/C22H27NO4/c1-5-14-23(18-12-10-9-11-13-18)22(24)17-15-19(25-6-2)21(27-8-4)20(16-17)26-7-3/h5,9-13,15-16H,1,6-8,14H2,2-4H3. The minimum Gasteiger partial charge on any atom is -0.490 e. The lowest BCUT2D eigenvalue weighted by atomic mass is 10.1. The smallest absolute Gasteiger partial charge is 0.258 e. The molecule has 0 saturated carbocycles. The van der Waals surface area contributed by atoms with Crippen molar-refractivity contribution in [1.82, 2.24) is 0 Å². The molecular formula is C22H27NO4. The predicted molar refractivity (Wildman–Crippen MR) is 108 cm³/mol. The van der Waals surface area contributed by atoms with Crippen LogP contribution in [0.15, 0.2) is 55.1 Å². The van der Waals surface area contributed by atoms with Gasteiger partial charge in [-0.15, -0.1) is 6.58 Å². The van der Waals surface area contributed by atoms with Gasteiger partial charge in [0.05, 0.1) is 19.8 Å². The molecule has 2 rings (SSSR count). The summed E-state index contributed by atoms with van der Waals surface area (Å²) in [6, 6.07) is 12.9. The van der Waals surface area contributed by atoms with Crippen LogP contribution >= 0.6 is 0 Å². The predicted octanol–water partition coefficient (Wildman–Crippen LogP) is 4.72. The van der Waals surface area contributed by atoms with E-state index in [4.69, 9.17) is 14.2 Å². The molecule has 2 aromatic carbocycles. The van der Waals surface area contributed by atoms with Crippen molar-refractivity contribution in [2.45, 2.75) is 20.8 Å². The van der Waals surface area contributed by atoms with Crippen LogP contribution in [0, 0.1) is 0 Å². The number of hydrogen-bond acceptors (Lipinski definition) is 4. The fraction of sp³-hybridized carbons (Fsp3) is 0.318. The average Bonchev–Trinajstić information content (AvgIpc) is 2.69. The highest BCUT2D eigenvalue weighted by molar-refractivity contribution is 6.07. The number of anilines is 1. The molecule has 27 heavy (non-hydrogen) atoms. The molecule has 0 saturated heterocycles. The lowest BCUT2D eigenvalue weighted by Crippen LogP contribution is -2.31. The van der Waals surface area contributed by atoms with Crippen molar-refractivity contribution in [2.24, 2.45) is 0 Å². The molecule has 0 bridgehead atoms. The van der Waals surface area contributed by atoms with Crippen molar-refractivity contribution in [1.29, 1.82) is 0 Å². The van der Waals surface area contributed by atoms with Gasteiger partial charge in [0, 0.05) is 17.8 Å². The van der Waals surface area contributed by atoms with Gasteiger partial charge in [0.15, 0.2) is 11.5 Å². The molecule has 5 nitrogen and oxygen atoms in total. The number of benzene rings is 2. The van der Waals surface area contributed by atoms with Gasteiger partial charge in [0.25, 0.3) is 5.91 Å². The topological polar surface area (TPSA) is 48.0 Å². The number of para-hydroxylation sites is 1. The highest BCUT2D eigenvalue weighted by atomic mass is 16.5. The van der Waals surface area contributed by atoms with E-state index in [1.807, 2.05) is 51.1 Å². The summed E-state index contributed by atoms with van der Waals surface area (Å²) in [5.41, 5.74) is 1.27. The van der Waals surface area contributed by atoms with E-state index in [-0.39, 0.29) is 5.91 Å². The normalized spacial score (nSPS) is 10.2. The van der Waals surface area contributed by atoms with Gasteiger partial charge in [-0.3, -0.25) is 4.79 Å². The summed E-state index contributed by atoms with van der Waals surface area (Å²) >= 11 is 0. The number of carbonyl (C=O) groups excluding carboxylic acids is 1. The van der Waals surface area contributed by atoms with Gasteiger partial charge in [-0.2, -0.15) is 0 Å². The molecule has 0 aliphatic carbocycles. The van der Waals surface area contributed by atoms with E-state index in [1.165, 1.54) is 0 Å². The first kappa shape index (κ1) is 20.4. The van der Waals surface area contributed by atoms with Crippen LogP contribution in [-0.4, -0.2) is 32.3 Å². The summed E-state index contributed by atoms with van der Waals surface area (Å²) in [4.78, 5) is 14.9. The number of ether oxygens (including phenoxy) is 3. The second-order valence-corrected chi connectivity index (χ2v) is 5.64. The zero-order valence-electron chi connectivity index (χ0n) is 16.2. The van der Waals surface area contributed by atoms with Crippen LogP contribution in [0.25, 0.3) is 0 Å². The van der Waals surface area contributed by atoms with Gasteiger partial charge in [-0.1, -0.05) is 24.3 Å². The minimum atomic E-state index is -0.161. The maximum absolute atomic E-state index is 13.2. The zero-order chi connectivity index (χ0) is 19.6. The number of amides is 1. The van der Waals surface area contributed by atoms with E-state index >= 15 is 0 Å². The largest absolute Gasteiger partial charge is 0.490 e. The Kier molecular flexibility index (Phi) is 7.74. The number of rotatable bonds is 10. The molecule has 0 atom stereocenters. The fourth-order valence-corrected chi connectivity index (χ4v) is 2.71. The third-order valence-corrected chi connectivity index (χ3v) is 3.78. The van der Waals surface area contributed by atoms with E-state index in [2.05, 4.69) is 6.58 Å². The Morgan fingerprint density at radius 3 is 2.00 bits per heavy atom. The summed E-state index contributed by atoms with van der Waals surface area (Å²) in [7, 11) is 0. The Morgan fingerprint density at radius 1 is 0.963 bits per heavy atom. The quantitative estimate of drug-likeness (QED) is 0.569. The second kappa shape index (κ2) is 10.3.